The minimum atomic E-state index is -0.416. The molecule has 1 aliphatic rings. The van der Waals surface area contributed by atoms with Crippen LogP contribution in [-0.4, -0.2) is 44.1 Å². The summed E-state index contributed by atoms with van der Waals surface area (Å²) in [6.07, 6.45) is 0.176. The van der Waals surface area contributed by atoms with E-state index in [9.17, 15) is 14.4 Å². The number of hydrogen-bond donors (Lipinski definition) is 1. The lowest BCUT2D eigenvalue weighted by molar-refractivity contribution is -0.121. The summed E-state index contributed by atoms with van der Waals surface area (Å²) in [4.78, 5) is 37.7. The van der Waals surface area contributed by atoms with Gasteiger partial charge in [-0.25, -0.2) is 4.79 Å². The number of carbonyl (C=O) groups excluding carboxylic acids is 3. The molecule has 1 heterocycles. The van der Waals surface area contributed by atoms with Crippen molar-refractivity contribution in [3.05, 3.63) is 60.2 Å². The number of nitrogens with one attached hydrogen (secondary N) is 1. The highest BCUT2D eigenvalue weighted by atomic mass is 16.6. The first-order valence-electron chi connectivity index (χ1n) is 9.54. The minimum absolute atomic E-state index is 0.0105. The van der Waals surface area contributed by atoms with E-state index in [4.69, 9.17) is 9.47 Å². The van der Waals surface area contributed by atoms with Crippen LogP contribution in [0.4, 0.5) is 10.5 Å². The van der Waals surface area contributed by atoms with Crippen molar-refractivity contribution < 1.29 is 23.9 Å². The standard InChI is InChI=1S/C22H24N2O5/c1-28-18-12-10-16(11-13-18)20(25)8-5-9-21(26)23-14-19-15-24(22(27)29-19)17-6-3-2-4-7-17/h2-4,6-7,10-13,19H,5,8-9,14-15H2,1H3,(H,23,26). The number of hydrogen-bond acceptors (Lipinski definition) is 5. The van der Waals surface area contributed by atoms with Gasteiger partial charge in [-0.3, -0.25) is 14.5 Å². The van der Waals surface area contributed by atoms with Crippen LogP contribution in [0.15, 0.2) is 54.6 Å². The normalized spacial score (nSPS) is 15.7. The highest BCUT2D eigenvalue weighted by Gasteiger charge is 2.32. The van der Waals surface area contributed by atoms with Crippen LogP contribution >= 0.6 is 0 Å². The van der Waals surface area contributed by atoms with Gasteiger partial charge in [-0.15, -0.1) is 0 Å². The number of Topliss-reactive ketones (excluding diaryl/α,β-unsaturated/α-hetero) is 1. The fraction of sp³-hybridized carbons (Fsp3) is 0.318. The Morgan fingerprint density at radius 2 is 1.83 bits per heavy atom. The van der Waals surface area contributed by atoms with Gasteiger partial charge >= 0.3 is 6.09 Å². The Bertz CT molecular complexity index is 851. The molecule has 1 aliphatic heterocycles. The lowest BCUT2D eigenvalue weighted by Gasteiger charge is -2.12. The molecular weight excluding hydrogens is 372 g/mol. The van der Waals surface area contributed by atoms with Crippen molar-refractivity contribution in [1.29, 1.82) is 0 Å². The second-order valence-corrected chi connectivity index (χ2v) is 6.76. The van der Waals surface area contributed by atoms with Crippen LogP contribution in [0.2, 0.25) is 0 Å². The summed E-state index contributed by atoms with van der Waals surface area (Å²) in [5, 5.41) is 2.78. The number of carbonyl (C=O) groups is 3. The summed E-state index contributed by atoms with van der Waals surface area (Å²) in [7, 11) is 1.57. The number of cyclic esters (lactones) is 1. The van der Waals surface area contributed by atoms with Crippen molar-refractivity contribution in [3.63, 3.8) is 0 Å². The molecule has 0 radical (unpaired) electrons. The summed E-state index contributed by atoms with van der Waals surface area (Å²) in [6, 6.07) is 16.2. The Labute approximate surface area is 169 Å². The van der Waals surface area contributed by atoms with Crippen LogP contribution in [-0.2, 0) is 9.53 Å². The summed E-state index contributed by atoms with van der Waals surface area (Å²) in [5.41, 5.74) is 1.37. The van der Waals surface area contributed by atoms with E-state index >= 15 is 0 Å². The zero-order valence-electron chi connectivity index (χ0n) is 16.3. The van der Waals surface area contributed by atoms with Gasteiger partial charge in [-0.2, -0.15) is 0 Å². The predicted molar refractivity (Wildman–Crippen MR) is 108 cm³/mol. The zero-order chi connectivity index (χ0) is 20.6. The van der Waals surface area contributed by atoms with Crippen LogP contribution in [0.5, 0.6) is 5.75 Å². The molecule has 0 spiro atoms. The summed E-state index contributed by atoms with van der Waals surface area (Å²) in [5.74, 6) is 0.518. The highest BCUT2D eigenvalue weighted by molar-refractivity contribution is 5.96. The number of amides is 2. The van der Waals surface area contributed by atoms with Gasteiger partial charge in [0.2, 0.25) is 5.91 Å². The van der Waals surface area contributed by atoms with Gasteiger partial charge in [0.1, 0.15) is 11.9 Å². The molecule has 29 heavy (non-hydrogen) atoms. The number of ketones is 1. The second kappa shape index (κ2) is 9.73. The lowest BCUT2D eigenvalue weighted by Crippen LogP contribution is -2.34. The van der Waals surface area contributed by atoms with Crippen molar-refractivity contribution in [2.75, 3.05) is 25.1 Å². The van der Waals surface area contributed by atoms with E-state index in [1.165, 1.54) is 0 Å². The molecule has 1 saturated heterocycles. The highest BCUT2D eigenvalue weighted by Crippen LogP contribution is 2.20. The van der Waals surface area contributed by atoms with E-state index in [2.05, 4.69) is 5.32 Å². The molecule has 2 amide bonds. The van der Waals surface area contributed by atoms with E-state index in [1.807, 2.05) is 30.3 Å². The Morgan fingerprint density at radius 3 is 2.52 bits per heavy atom. The molecule has 152 valence electrons. The number of anilines is 1. The molecule has 1 unspecified atom stereocenters. The fourth-order valence-corrected chi connectivity index (χ4v) is 3.09. The maximum atomic E-state index is 12.2. The third kappa shape index (κ3) is 5.57. The van der Waals surface area contributed by atoms with Crippen molar-refractivity contribution in [2.24, 2.45) is 0 Å². The second-order valence-electron chi connectivity index (χ2n) is 6.76. The van der Waals surface area contributed by atoms with Gasteiger partial charge in [-0.1, -0.05) is 18.2 Å². The number of benzene rings is 2. The third-order valence-electron chi connectivity index (χ3n) is 4.69. The lowest BCUT2D eigenvalue weighted by atomic mass is 10.1. The van der Waals surface area contributed by atoms with Gasteiger partial charge in [0, 0.05) is 24.1 Å². The number of rotatable bonds is 9. The SMILES string of the molecule is COc1ccc(C(=O)CCCC(=O)NCC2CN(c3ccccc3)C(=O)O2)cc1. The van der Waals surface area contributed by atoms with Crippen molar-refractivity contribution in [1.82, 2.24) is 5.32 Å². The average molecular weight is 396 g/mol. The van der Waals surface area contributed by atoms with Crippen LogP contribution in [0.1, 0.15) is 29.6 Å². The van der Waals surface area contributed by atoms with Gasteiger partial charge < -0.3 is 14.8 Å². The smallest absolute Gasteiger partial charge is 0.414 e. The average Bonchev–Trinajstić information content (AvgIpc) is 3.13. The predicted octanol–water partition coefficient (Wildman–Crippen LogP) is 3.19. The van der Waals surface area contributed by atoms with Gasteiger partial charge in [0.25, 0.3) is 0 Å². The molecule has 1 fully saturated rings. The number of ether oxygens (including phenoxy) is 2. The summed E-state index contributed by atoms with van der Waals surface area (Å²) >= 11 is 0. The number of nitrogens with zero attached hydrogens (tertiary/aromatic N) is 1. The topological polar surface area (TPSA) is 84.9 Å². The van der Waals surface area contributed by atoms with Gasteiger partial charge in [0.15, 0.2) is 5.78 Å². The first kappa shape index (κ1) is 20.4. The van der Waals surface area contributed by atoms with Crippen LogP contribution in [0.3, 0.4) is 0 Å². The molecule has 2 aromatic carbocycles. The molecule has 0 aliphatic carbocycles. The number of methoxy groups -OCH3 is 1. The molecule has 2 aromatic rings. The Balaban J connectivity index is 1.37. The van der Waals surface area contributed by atoms with E-state index < -0.39 is 12.2 Å². The van der Waals surface area contributed by atoms with Gasteiger partial charge in [-0.05, 0) is 42.8 Å². The number of para-hydroxylation sites is 1. The molecule has 0 bridgehead atoms. The van der Waals surface area contributed by atoms with E-state index in [0.717, 1.165) is 5.69 Å². The van der Waals surface area contributed by atoms with Crippen LogP contribution < -0.4 is 15.0 Å². The van der Waals surface area contributed by atoms with Crippen LogP contribution in [0, 0.1) is 0 Å². The zero-order valence-corrected chi connectivity index (χ0v) is 16.3. The van der Waals surface area contributed by atoms with E-state index in [1.54, 1.807) is 36.3 Å². The van der Waals surface area contributed by atoms with Gasteiger partial charge in [0.05, 0.1) is 20.2 Å². The van der Waals surface area contributed by atoms with E-state index in [-0.39, 0.29) is 24.7 Å². The minimum Gasteiger partial charge on any atom is -0.497 e. The monoisotopic (exact) mass is 396 g/mol. The molecule has 1 atom stereocenters. The van der Waals surface area contributed by atoms with Crippen LogP contribution in [0.25, 0.3) is 0 Å². The Morgan fingerprint density at radius 1 is 1.10 bits per heavy atom. The first-order chi connectivity index (χ1) is 14.1. The maximum Gasteiger partial charge on any atom is 0.414 e. The summed E-state index contributed by atoms with van der Waals surface area (Å²) < 4.78 is 10.4. The first-order valence-corrected chi connectivity index (χ1v) is 9.54. The maximum absolute atomic E-state index is 12.2. The molecule has 0 saturated carbocycles. The quantitative estimate of drug-likeness (QED) is 0.658. The molecule has 7 nitrogen and oxygen atoms in total. The van der Waals surface area contributed by atoms with E-state index in [0.29, 0.717) is 30.7 Å². The molecule has 3 rings (SSSR count). The Kier molecular flexibility index (Phi) is 6.84. The van der Waals surface area contributed by atoms with Crippen molar-refractivity contribution in [3.8, 4) is 5.75 Å². The fourth-order valence-electron chi connectivity index (χ4n) is 3.09. The van der Waals surface area contributed by atoms with Crippen molar-refractivity contribution >= 4 is 23.5 Å². The molecule has 1 N–H and O–H groups in total. The third-order valence-corrected chi connectivity index (χ3v) is 4.69. The Hall–Kier alpha value is -3.35. The summed E-state index contributed by atoms with van der Waals surface area (Å²) in [6.45, 7) is 0.638. The molecule has 7 heteroatoms. The largest absolute Gasteiger partial charge is 0.497 e. The van der Waals surface area contributed by atoms with Crippen molar-refractivity contribution in [2.45, 2.75) is 25.4 Å². The molecule has 0 aromatic heterocycles. The molecular formula is C22H24N2O5.